The molecular formula is C28H30N2O2. The predicted molar refractivity (Wildman–Crippen MR) is 128 cm³/mol. The number of aryl methyl sites for hydroxylation is 1. The monoisotopic (exact) mass is 426 g/mol. The van der Waals surface area contributed by atoms with Gasteiger partial charge in [-0.3, -0.25) is 4.79 Å². The topological polar surface area (TPSA) is 41.6 Å². The van der Waals surface area contributed by atoms with Crippen LogP contribution in [0.4, 0.5) is 5.69 Å². The number of hydrogen-bond acceptors (Lipinski definition) is 3. The molecule has 0 aliphatic carbocycles. The first-order valence-corrected chi connectivity index (χ1v) is 11.6. The van der Waals surface area contributed by atoms with E-state index in [9.17, 15) is 4.79 Å². The fourth-order valence-electron chi connectivity index (χ4n) is 4.90. The van der Waals surface area contributed by atoms with Crippen molar-refractivity contribution in [3.05, 3.63) is 95.1 Å². The Morgan fingerprint density at radius 1 is 0.969 bits per heavy atom. The zero-order valence-electron chi connectivity index (χ0n) is 18.6. The van der Waals surface area contributed by atoms with E-state index < -0.39 is 0 Å². The third-order valence-electron chi connectivity index (χ3n) is 7.01. The van der Waals surface area contributed by atoms with Gasteiger partial charge in [-0.25, -0.2) is 0 Å². The van der Waals surface area contributed by atoms with E-state index in [1.54, 1.807) is 0 Å². The van der Waals surface area contributed by atoms with Crippen LogP contribution in [0, 0.1) is 0 Å². The first kappa shape index (κ1) is 20.6. The van der Waals surface area contributed by atoms with E-state index >= 15 is 0 Å². The van der Waals surface area contributed by atoms with Gasteiger partial charge in [-0.2, -0.15) is 0 Å². The lowest BCUT2D eigenvalue weighted by Gasteiger charge is -2.38. The molecular weight excluding hydrogens is 396 g/mol. The van der Waals surface area contributed by atoms with Crippen molar-refractivity contribution in [3.8, 4) is 5.75 Å². The molecule has 4 heteroatoms. The van der Waals surface area contributed by atoms with Gasteiger partial charge in [0.05, 0.1) is 6.61 Å². The van der Waals surface area contributed by atoms with Crippen LogP contribution >= 0.6 is 0 Å². The number of hydrogen-bond donors (Lipinski definition) is 1. The Bertz CT molecular complexity index is 1080. The van der Waals surface area contributed by atoms with Crippen molar-refractivity contribution in [2.75, 3.05) is 25.0 Å². The van der Waals surface area contributed by atoms with Crippen LogP contribution in [-0.4, -0.2) is 30.5 Å². The van der Waals surface area contributed by atoms with Crippen LogP contribution < -0.4 is 10.1 Å². The number of benzene rings is 3. The van der Waals surface area contributed by atoms with Crippen molar-refractivity contribution in [1.82, 2.24) is 4.90 Å². The van der Waals surface area contributed by atoms with Gasteiger partial charge >= 0.3 is 0 Å². The summed E-state index contributed by atoms with van der Waals surface area (Å²) < 4.78 is 6.03. The lowest BCUT2D eigenvalue weighted by atomic mass is 9.74. The predicted octanol–water partition coefficient (Wildman–Crippen LogP) is 5.43. The minimum atomic E-state index is 0.0580. The second-order valence-electron chi connectivity index (χ2n) is 8.96. The average Bonchev–Trinajstić information content (AvgIpc) is 3.21. The number of fused-ring (bicyclic) bond motifs is 2. The SMILES string of the molecule is CCc1ccc2c(c1)C1(CCN(C(=O)c3ccc(NCc4ccccc4)cc3)CC1)CO2. The highest BCUT2D eigenvalue weighted by Gasteiger charge is 2.43. The molecule has 1 amide bonds. The number of nitrogens with zero attached hydrogens (tertiary/aromatic N) is 1. The Labute approximate surface area is 190 Å². The van der Waals surface area contributed by atoms with Crippen LogP contribution in [0.25, 0.3) is 0 Å². The Morgan fingerprint density at radius 2 is 1.72 bits per heavy atom. The molecule has 0 unspecified atom stereocenters. The van der Waals surface area contributed by atoms with Crippen molar-refractivity contribution in [2.45, 2.75) is 38.1 Å². The summed E-state index contributed by atoms with van der Waals surface area (Å²) in [6.45, 7) is 5.23. The zero-order valence-corrected chi connectivity index (χ0v) is 18.6. The number of carbonyl (C=O) groups is 1. The fourth-order valence-corrected chi connectivity index (χ4v) is 4.90. The first-order valence-electron chi connectivity index (χ1n) is 11.6. The van der Waals surface area contributed by atoms with Gasteiger partial charge in [-0.15, -0.1) is 0 Å². The van der Waals surface area contributed by atoms with Gasteiger partial charge in [0.25, 0.3) is 5.91 Å². The van der Waals surface area contributed by atoms with Gasteiger partial charge in [-0.1, -0.05) is 49.4 Å². The van der Waals surface area contributed by atoms with Crippen molar-refractivity contribution in [2.24, 2.45) is 0 Å². The van der Waals surface area contributed by atoms with Gasteiger partial charge in [0.1, 0.15) is 5.75 Å². The molecule has 164 valence electrons. The van der Waals surface area contributed by atoms with Crippen molar-refractivity contribution in [3.63, 3.8) is 0 Å². The maximum absolute atomic E-state index is 13.1. The van der Waals surface area contributed by atoms with Crippen molar-refractivity contribution < 1.29 is 9.53 Å². The third-order valence-corrected chi connectivity index (χ3v) is 7.01. The molecule has 4 nitrogen and oxygen atoms in total. The summed E-state index contributed by atoms with van der Waals surface area (Å²) in [7, 11) is 0. The van der Waals surface area contributed by atoms with E-state index in [0.717, 1.165) is 62.5 Å². The highest BCUT2D eigenvalue weighted by Crippen LogP contribution is 2.46. The van der Waals surface area contributed by atoms with Crippen molar-refractivity contribution >= 4 is 11.6 Å². The standard InChI is InChI=1S/C28H30N2O2/c1-2-21-8-13-26-25(18-21)28(20-32-26)14-16-30(17-15-28)27(31)23-9-11-24(12-10-23)29-19-22-6-4-3-5-7-22/h3-13,18,29H,2,14-17,19-20H2,1H3. The molecule has 1 fully saturated rings. The Balaban J connectivity index is 1.21. The van der Waals surface area contributed by atoms with Crippen molar-refractivity contribution in [1.29, 1.82) is 0 Å². The van der Waals surface area contributed by atoms with Gasteiger partial charge in [-0.05, 0) is 60.7 Å². The number of ether oxygens (including phenoxy) is 1. The lowest BCUT2D eigenvalue weighted by Crippen LogP contribution is -2.46. The summed E-state index contributed by atoms with van der Waals surface area (Å²) in [5.41, 5.74) is 5.77. The molecule has 32 heavy (non-hydrogen) atoms. The third kappa shape index (κ3) is 3.97. The molecule has 1 saturated heterocycles. The quantitative estimate of drug-likeness (QED) is 0.592. The van der Waals surface area contributed by atoms with Crippen LogP contribution in [0.2, 0.25) is 0 Å². The summed E-state index contributed by atoms with van der Waals surface area (Å²) in [5.74, 6) is 1.15. The summed E-state index contributed by atoms with van der Waals surface area (Å²) in [6.07, 6.45) is 2.94. The fraction of sp³-hybridized carbons (Fsp3) is 0.321. The minimum absolute atomic E-state index is 0.0580. The summed E-state index contributed by atoms with van der Waals surface area (Å²) in [4.78, 5) is 15.1. The smallest absolute Gasteiger partial charge is 0.253 e. The van der Waals surface area contributed by atoms with Crippen LogP contribution in [0.5, 0.6) is 5.75 Å². The second kappa shape index (κ2) is 8.70. The normalized spacial score (nSPS) is 16.5. The van der Waals surface area contributed by atoms with E-state index in [-0.39, 0.29) is 11.3 Å². The highest BCUT2D eigenvalue weighted by molar-refractivity contribution is 5.94. The van der Waals surface area contributed by atoms with E-state index in [0.29, 0.717) is 0 Å². The molecule has 0 bridgehead atoms. The molecule has 2 aliphatic heterocycles. The lowest BCUT2D eigenvalue weighted by molar-refractivity contribution is 0.0646. The number of likely N-dealkylation sites (tertiary alicyclic amines) is 1. The summed E-state index contributed by atoms with van der Waals surface area (Å²) in [5, 5.41) is 3.42. The molecule has 3 aromatic rings. The number of rotatable bonds is 5. The van der Waals surface area contributed by atoms with E-state index in [4.69, 9.17) is 4.74 Å². The molecule has 1 spiro atoms. The molecule has 5 rings (SSSR count). The zero-order chi connectivity index (χ0) is 22.0. The largest absolute Gasteiger partial charge is 0.492 e. The molecule has 1 N–H and O–H groups in total. The summed E-state index contributed by atoms with van der Waals surface area (Å²) >= 11 is 0. The number of anilines is 1. The van der Waals surface area contributed by atoms with Crippen LogP contribution in [0.3, 0.4) is 0 Å². The Morgan fingerprint density at radius 3 is 2.44 bits per heavy atom. The van der Waals surface area contributed by atoms with Gasteiger partial charge in [0.2, 0.25) is 0 Å². The molecule has 0 atom stereocenters. The van der Waals surface area contributed by atoms with Gasteiger partial charge in [0, 0.05) is 41.9 Å². The highest BCUT2D eigenvalue weighted by atomic mass is 16.5. The van der Waals surface area contributed by atoms with Crippen LogP contribution in [0.15, 0.2) is 72.8 Å². The molecule has 0 radical (unpaired) electrons. The number of carbonyl (C=O) groups excluding carboxylic acids is 1. The summed E-state index contributed by atoms with van der Waals surface area (Å²) in [6, 6.07) is 24.8. The van der Waals surface area contributed by atoms with Gasteiger partial charge < -0.3 is 15.0 Å². The van der Waals surface area contributed by atoms with Gasteiger partial charge in [0.15, 0.2) is 0 Å². The molecule has 3 aromatic carbocycles. The Kier molecular flexibility index (Phi) is 5.60. The maximum atomic E-state index is 13.1. The molecule has 0 saturated carbocycles. The number of amides is 1. The van der Waals surface area contributed by atoms with Crippen LogP contribution in [0.1, 0.15) is 46.8 Å². The maximum Gasteiger partial charge on any atom is 0.253 e. The molecule has 2 aliphatic rings. The number of nitrogens with one attached hydrogen (secondary N) is 1. The van der Waals surface area contributed by atoms with E-state index in [1.807, 2.05) is 47.4 Å². The number of piperidine rings is 1. The van der Waals surface area contributed by atoms with E-state index in [2.05, 4.69) is 42.6 Å². The molecule has 0 aromatic heterocycles. The first-order chi connectivity index (χ1) is 15.7. The van der Waals surface area contributed by atoms with E-state index in [1.165, 1.54) is 16.7 Å². The van der Waals surface area contributed by atoms with Crippen LogP contribution in [-0.2, 0) is 18.4 Å². The minimum Gasteiger partial charge on any atom is -0.492 e. The molecule has 2 heterocycles. The Hall–Kier alpha value is -3.27. The average molecular weight is 427 g/mol. The second-order valence-corrected chi connectivity index (χ2v) is 8.96.